The predicted molar refractivity (Wildman–Crippen MR) is 128 cm³/mol. The van der Waals surface area contributed by atoms with Crippen LogP contribution in [0.5, 0.6) is 0 Å². The zero-order chi connectivity index (χ0) is 23.0. The molecule has 0 N–H and O–H groups in total. The average molecular weight is 449 g/mol. The molecule has 0 fully saturated rings. The standard InChI is InChI=1S/C24H24N4O3S/c1-6-31-24(30)21-16(4)20-22(32-21)25-13-27(23(20)29)26-12-18-11-15(3)28(17(18)5)19-9-7-14(2)8-10-19/h7-13H,6H2,1-5H3. The number of ether oxygens (including phenoxy) is 1. The summed E-state index contributed by atoms with van der Waals surface area (Å²) in [4.78, 5) is 30.4. The molecule has 4 aromatic rings. The number of benzene rings is 1. The molecule has 0 aliphatic rings. The van der Waals surface area contributed by atoms with E-state index < -0.39 is 5.97 Å². The van der Waals surface area contributed by atoms with E-state index in [2.05, 4.69) is 45.8 Å². The normalized spacial score (nSPS) is 11.5. The highest BCUT2D eigenvalue weighted by Gasteiger charge is 2.20. The van der Waals surface area contributed by atoms with Crippen molar-refractivity contribution in [2.24, 2.45) is 5.10 Å². The summed E-state index contributed by atoms with van der Waals surface area (Å²) in [6, 6.07) is 10.4. The Morgan fingerprint density at radius 3 is 2.59 bits per heavy atom. The van der Waals surface area contributed by atoms with Crippen LogP contribution in [0.15, 0.2) is 46.6 Å². The summed E-state index contributed by atoms with van der Waals surface area (Å²) < 4.78 is 8.44. The van der Waals surface area contributed by atoms with Crippen molar-refractivity contribution in [1.29, 1.82) is 0 Å². The Balaban J connectivity index is 1.72. The van der Waals surface area contributed by atoms with Crippen LogP contribution in [0.2, 0.25) is 0 Å². The summed E-state index contributed by atoms with van der Waals surface area (Å²) in [5, 5.41) is 4.76. The second kappa shape index (κ2) is 8.55. The van der Waals surface area contributed by atoms with E-state index in [-0.39, 0.29) is 12.2 Å². The molecule has 0 bridgehead atoms. The van der Waals surface area contributed by atoms with Crippen LogP contribution in [-0.4, -0.2) is 33.0 Å². The molecule has 0 atom stereocenters. The van der Waals surface area contributed by atoms with Crippen LogP contribution in [0, 0.1) is 27.7 Å². The fraction of sp³-hybridized carbons (Fsp3) is 0.250. The fourth-order valence-electron chi connectivity index (χ4n) is 3.72. The van der Waals surface area contributed by atoms with Crippen LogP contribution in [0.3, 0.4) is 0 Å². The molecule has 0 saturated carbocycles. The Labute approximate surface area is 189 Å². The predicted octanol–water partition coefficient (Wildman–Crippen LogP) is 4.54. The summed E-state index contributed by atoms with van der Waals surface area (Å²) in [6.45, 7) is 9.87. The highest BCUT2D eigenvalue weighted by molar-refractivity contribution is 7.20. The van der Waals surface area contributed by atoms with Gasteiger partial charge in [0.25, 0.3) is 5.56 Å². The molecule has 0 radical (unpaired) electrons. The van der Waals surface area contributed by atoms with Crippen molar-refractivity contribution in [1.82, 2.24) is 14.2 Å². The molecule has 0 saturated heterocycles. The Morgan fingerprint density at radius 2 is 1.91 bits per heavy atom. The SMILES string of the molecule is CCOC(=O)c1sc2ncn(N=Cc3cc(C)n(-c4ccc(C)cc4)c3C)c(=O)c2c1C. The van der Waals surface area contributed by atoms with Gasteiger partial charge in [0.1, 0.15) is 16.0 Å². The van der Waals surface area contributed by atoms with Crippen molar-refractivity contribution in [2.45, 2.75) is 34.6 Å². The number of carbonyl (C=O) groups is 1. The number of carbonyl (C=O) groups excluding carboxylic acids is 1. The topological polar surface area (TPSA) is 78.5 Å². The molecule has 0 unspecified atom stereocenters. The number of esters is 1. The van der Waals surface area contributed by atoms with Gasteiger partial charge in [0, 0.05) is 22.6 Å². The van der Waals surface area contributed by atoms with E-state index in [0.717, 1.165) is 34.0 Å². The summed E-state index contributed by atoms with van der Waals surface area (Å²) >= 11 is 1.16. The number of fused-ring (bicyclic) bond motifs is 1. The van der Waals surface area contributed by atoms with Crippen LogP contribution >= 0.6 is 11.3 Å². The number of thiophene rings is 1. The summed E-state index contributed by atoms with van der Waals surface area (Å²) in [7, 11) is 0. The fourth-order valence-corrected chi connectivity index (χ4v) is 4.76. The molecule has 8 heteroatoms. The molecule has 164 valence electrons. The van der Waals surface area contributed by atoms with Gasteiger partial charge in [0.2, 0.25) is 0 Å². The largest absolute Gasteiger partial charge is 0.462 e. The van der Waals surface area contributed by atoms with E-state index in [1.165, 1.54) is 16.6 Å². The zero-order valence-corrected chi connectivity index (χ0v) is 19.5. The van der Waals surface area contributed by atoms with Crippen molar-refractivity contribution >= 4 is 33.7 Å². The Hall–Kier alpha value is -3.52. The van der Waals surface area contributed by atoms with Gasteiger partial charge in [0.05, 0.1) is 18.2 Å². The molecule has 0 amide bonds. The molecule has 0 aliphatic heterocycles. The molecule has 1 aromatic carbocycles. The van der Waals surface area contributed by atoms with Crippen molar-refractivity contribution in [3.8, 4) is 5.69 Å². The number of nitrogens with zero attached hydrogens (tertiary/aromatic N) is 4. The number of aryl methyl sites for hydroxylation is 3. The second-order valence-electron chi connectivity index (χ2n) is 7.59. The van der Waals surface area contributed by atoms with Crippen molar-refractivity contribution in [3.05, 3.63) is 80.0 Å². The number of aromatic nitrogens is 3. The number of rotatable bonds is 5. The van der Waals surface area contributed by atoms with Gasteiger partial charge in [-0.15, -0.1) is 11.3 Å². The quantitative estimate of drug-likeness (QED) is 0.332. The lowest BCUT2D eigenvalue weighted by Crippen LogP contribution is -2.17. The molecule has 32 heavy (non-hydrogen) atoms. The average Bonchev–Trinajstić information content (AvgIpc) is 3.25. The molecular weight excluding hydrogens is 424 g/mol. The lowest BCUT2D eigenvalue weighted by Gasteiger charge is -2.09. The third kappa shape index (κ3) is 3.78. The van der Waals surface area contributed by atoms with E-state index in [1.807, 2.05) is 19.9 Å². The summed E-state index contributed by atoms with van der Waals surface area (Å²) in [6.07, 6.45) is 3.04. The maximum Gasteiger partial charge on any atom is 0.348 e. The molecule has 7 nitrogen and oxygen atoms in total. The van der Waals surface area contributed by atoms with E-state index in [1.54, 1.807) is 20.1 Å². The van der Waals surface area contributed by atoms with Crippen LogP contribution < -0.4 is 5.56 Å². The lowest BCUT2D eigenvalue weighted by molar-refractivity contribution is 0.0531. The third-order valence-electron chi connectivity index (χ3n) is 5.38. The van der Waals surface area contributed by atoms with Gasteiger partial charge in [-0.2, -0.15) is 9.78 Å². The van der Waals surface area contributed by atoms with Gasteiger partial charge in [0.15, 0.2) is 0 Å². The minimum atomic E-state index is -0.439. The molecule has 0 aliphatic carbocycles. The minimum Gasteiger partial charge on any atom is -0.462 e. The Bertz CT molecular complexity index is 1410. The first-order valence-corrected chi connectivity index (χ1v) is 11.1. The van der Waals surface area contributed by atoms with E-state index in [9.17, 15) is 9.59 Å². The lowest BCUT2D eigenvalue weighted by atomic mass is 10.2. The monoisotopic (exact) mass is 448 g/mol. The van der Waals surface area contributed by atoms with Crippen molar-refractivity contribution < 1.29 is 9.53 Å². The van der Waals surface area contributed by atoms with Crippen LogP contribution in [0.4, 0.5) is 0 Å². The Kier molecular flexibility index (Phi) is 5.80. The van der Waals surface area contributed by atoms with Gasteiger partial charge in [-0.05, 0) is 58.4 Å². The van der Waals surface area contributed by atoms with Gasteiger partial charge in [-0.25, -0.2) is 9.78 Å². The first-order chi connectivity index (χ1) is 15.3. The van der Waals surface area contributed by atoms with Gasteiger partial charge in [-0.1, -0.05) is 17.7 Å². The summed E-state index contributed by atoms with van der Waals surface area (Å²) in [5.74, 6) is -0.439. The summed E-state index contributed by atoms with van der Waals surface area (Å²) in [5.41, 5.74) is 5.53. The van der Waals surface area contributed by atoms with E-state index >= 15 is 0 Å². The van der Waals surface area contributed by atoms with Gasteiger partial charge < -0.3 is 9.30 Å². The molecular formula is C24H24N4O3S. The molecule has 3 heterocycles. The van der Waals surface area contributed by atoms with Crippen LogP contribution in [-0.2, 0) is 4.74 Å². The number of hydrogen-bond acceptors (Lipinski definition) is 6. The van der Waals surface area contributed by atoms with Gasteiger partial charge >= 0.3 is 5.97 Å². The first kappa shape index (κ1) is 21.7. The maximum atomic E-state index is 13.0. The Morgan fingerprint density at radius 1 is 1.19 bits per heavy atom. The highest BCUT2D eigenvalue weighted by Crippen LogP contribution is 2.27. The zero-order valence-electron chi connectivity index (χ0n) is 18.7. The first-order valence-electron chi connectivity index (χ1n) is 10.3. The highest BCUT2D eigenvalue weighted by atomic mass is 32.1. The van der Waals surface area contributed by atoms with Gasteiger partial charge in [-0.3, -0.25) is 4.79 Å². The van der Waals surface area contributed by atoms with E-state index in [4.69, 9.17) is 4.74 Å². The van der Waals surface area contributed by atoms with Crippen LogP contribution in [0.1, 0.15) is 44.7 Å². The number of hydrogen-bond donors (Lipinski definition) is 0. The van der Waals surface area contributed by atoms with Crippen LogP contribution in [0.25, 0.3) is 15.9 Å². The minimum absolute atomic E-state index is 0.273. The van der Waals surface area contributed by atoms with E-state index in [0.29, 0.717) is 20.7 Å². The molecule has 4 rings (SSSR count). The second-order valence-corrected chi connectivity index (χ2v) is 8.59. The molecule has 3 aromatic heterocycles. The van der Waals surface area contributed by atoms with Crippen molar-refractivity contribution in [2.75, 3.05) is 6.61 Å². The maximum absolute atomic E-state index is 13.0. The third-order valence-corrected chi connectivity index (χ3v) is 6.56. The smallest absolute Gasteiger partial charge is 0.348 e. The van der Waals surface area contributed by atoms with Crippen molar-refractivity contribution in [3.63, 3.8) is 0 Å². The molecule has 0 spiro atoms.